The van der Waals surface area contributed by atoms with Crippen molar-refractivity contribution < 1.29 is 0 Å². The third-order valence-corrected chi connectivity index (χ3v) is 4.81. The highest BCUT2D eigenvalue weighted by Gasteiger charge is 2.31. The molecule has 0 aliphatic heterocycles. The minimum atomic E-state index is 0.557. The largest absolute Gasteiger partial charge is 0.314 e. The van der Waals surface area contributed by atoms with Crippen LogP contribution >= 0.6 is 0 Å². The van der Waals surface area contributed by atoms with E-state index in [1.807, 2.05) is 0 Å². The van der Waals surface area contributed by atoms with E-state index in [4.69, 9.17) is 0 Å². The van der Waals surface area contributed by atoms with Crippen LogP contribution in [-0.2, 0) is 0 Å². The zero-order valence-corrected chi connectivity index (χ0v) is 12.1. The zero-order chi connectivity index (χ0) is 12.3. The van der Waals surface area contributed by atoms with Gasteiger partial charge in [0.2, 0.25) is 0 Å². The fourth-order valence-corrected chi connectivity index (χ4v) is 4.23. The first-order valence-corrected chi connectivity index (χ1v) is 7.78. The molecule has 2 rings (SSSR count). The quantitative estimate of drug-likeness (QED) is 0.768. The standard InChI is InChI=1S/C16H31N/c1-13-9-15(11-16(2,3)10-13)17-12-14-7-5-4-6-8-14/h13-15,17H,4-12H2,1-3H3. The van der Waals surface area contributed by atoms with E-state index in [9.17, 15) is 0 Å². The van der Waals surface area contributed by atoms with Gasteiger partial charge >= 0.3 is 0 Å². The maximum Gasteiger partial charge on any atom is 0.00748 e. The summed E-state index contributed by atoms with van der Waals surface area (Å²) in [6, 6.07) is 0.788. The van der Waals surface area contributed by atoms with E-state index in [2.05, 4.69) is 26.1 Å². The molecule has 0 radical (unpaired) electrons. The van der Waals surface area contributed by atoms with E-state index in [0.29, 0.717) is 5.41 Å². The minimum Gasteiger partial charge on any atom is -0.314 e. The van der Waals surface area contributed by atoms with E-state index >= 15 is 0 Å². The highest BCUT2D eigenvalue weighted by molar-refractivity contribution is 4.87. The van der Waals surface area contributed by atoms with Gasteiger partial charge in [0.25, 0.3) is 0 Å². The first kappa shape index (κ1) is 13.4. The first-order chi connectivity index (χ1) is 8.05. The first-order valence-electron chi connectivity index (χ1n) is 7.78. The maximum absolute atomic E-state index is 3.88. The van der Waals surface area contributed by atoms with Gasteiger partial charge < -0.3 is 5.32 Å². The molecule has 2 saturated carbocycles. The van der Waals surface area contributed by atoms with Gasteiger partial charge in [-0.05, 0) is 55.9 Å². The molecule has 1 nitrogen and oxygen atoms in total. The third-order valence-electron chi connectivity index (χ3n) is 4.81. The second-order valence-corrected chi connectivity index (χ2v) is 7.52. The van der Waals surface area contributed by atoms with Gasteiger partial charge in [0.1, 0.15) is 0 Å². The maximum atomic E-state index is 3.88. The van der Waals surface area contributed by atoms with Gasteiger partial charge in [-0.15, -0.1) is 0 Å². The van der Waals surface area contributed by atoms with Crippen LogP contribution in [0.2, 0.25) is 0 Å². The second kappa shape index (κ2) is 5.73. The van der Waals surface area contributed by atoms with Crippen molar-refractivity contribution in [1.82, 2.24) is 5.32 Å². The summed E-state index contributed by atoms with van der Waals surface area (Å²) in [6.45, 7) is 8.60. The van der Waals surface area contributed by atoms with Gasteiger partial charge in [0.05, 0.1) is 0 Å². The van der Waals surface area contributed by atoms with Gasteiger partial charge in [0.15, 0.2) is 0 Å². The normalized spacial score (nSPS) is 34.8. The molecule has 2 unspecified atom stereocenters. The Morgan fingerprint density at radius 3 is 2.41 bits per heavy atom. The third kappa shape index (κ3) is 4.28. The van der Waals surface area contributed by atoms with Gasteiger partial charge in [0, 0.05) is 6.04 Å². The fraction of sp³-hybridized carbons (Fsp3) is 1.00. The summed E-state index contributed by atoms with van der Waals surface area (Å²) in [5.74, 6) is 1.88. The van der Waals surface area contributed by atoms with Gasteiger partial charge in [-0.1, -0.05) is 40.0 Å². The summed E-state index contributed by atoms with van der Waals surface area (Å²) in [5.41, 5.74) is 0.557. The molecular weight excluding hydrogens is 206 g/mol. The molecule has 100 valence electrons. The van der Waals surface area contributed by atoms with E-state index in [1.54, 1.807) is 0 Å². The highest BCUT2D eigenvalue weighted by Crippen LogP contribution is 2.38. The van der Waals surface area contributed by atoms with Crippen molar-refractivity contribution in [3.63, 3.8) is 0 Å². The van der Waals surface area contributed by atoms with Gasteiger partial charge in [-0.2, -0.15) is 0 Å². The molecule has 1 heteroatoms. The SMILES string of the molecule is CC1CC(NCC2CCCCC2)CC(C)(C)C1. The molecule has 0 bridgehead atoms. The van der Waals surface area contributed by atoms with Crippen LogP contribution in [0.5, 0.6) is 0 Å². The summed E-state index contributed by atoms with van der Waals surface area (Å²) in [6.07, 6.45) is 11.5. The molecule has 0 aromatic carbocycles. The molecule has 0 spiro atoms. The van der Waals surface area contributed by atoms with Crippen molar-refractivity contribution in [2.24, 2.45) is 17.3 Å². The number of rotatable bonds is 3. The van der Waals surface area contributed by atoms with Crippen LogP contribution in [0.25, 0.3) is 0 Å². The monoisotopic (exact) mass is 237 g/mol. The van der Waals surface area contributed by atoms with Crippen LogP contribution in [0.4, 0.5) is 0 Å². The lowest BCUT2D eigenvalue weighted by Crippen LogP contribution is -2.42. The Labute approximate surface area is 108 Å². The average Bonchev–Trinajstić information content (AvgIpc) is 2.25. The molecule has 0 aromatic heterocycles. The molecule has 2 atom stereocenters. The lowest BCUT2D eigenvalue weighted by atomic mass is 9.70. The predicted octanol–water partition coefficient (Wildman–Crippen LogP) is 4.37. The van der Waals surface area contributed by atoms with Crippen LogP contribution < -0.4 is 5.32 Å². The van der Waals surface area contributed by atoms with E-state index < -0.39 is 0 Å². The average molecular weight is 237 g/mol. The van der Waals surface area contributed by atoms with Crippen LogP contribution in [0.1, 0.15) is 72.1 Å². The number of hydrogen-bond acceptors (Lipinski definition) is 1. The van der Waals surface area contributed by atoms with E-state index in [-0.39, 0.29) is 0 Å². The number of nitrogens with one attached hydrogen (secondary N) is 1. The number of hydrogen-bond donors (Lipinski definition) is 1. The summed E-state index contributed by atoms with van der Waals surface area (Å²) in [7, 11) is 0. The summed E-state index contributed by atoms with van der Waals surface area (Å²) in [4.78, 5) is 0. The van der Waals surface area contributed by atoms with Crippen molar-refractivity contribution in [3.8, 4) is 0 Å². The van der Waals surface area contributed by atoms with Crippen molar-refractivity contribution in [1.29, 1.82) is 0 Å². The van der Waals surface area contributed by atoms with Gasteiger partial charge in [-0.3, -0.25) is 0 Å². The van der Waals surface area contributed by atoms with Crippen molar-refractivity contribution in [2.45, 2.75) is 78.2 Å². The molecule has 0 saturated heterocycles. The smallest absolute Gasteiger partial charge is 0.00748 e. The predicted molar refractivity (Wildman–Crippen MR) is 75.2 cm³/mol. The highest BCUT2D eigenvalue weighted by atomic mass is 14.9. The summed E-state index contributed by atoms with van der Waals surface area (Å²) >= 11 is 0. The lowest BCUT2D eigenvalue weighted by Gasteiger charge is -2.40. The van der Waals surface area contributed by atoms with E-state index in [0.717, 1.165) is 17.9 Å². The molecule has 0 amide bonds. The molecular formula is C16H31N. The molecule has 1 N–H and O–H groups in total. The topological polar surface area (TPSA) is 12.0 Å². The van der Waals surface area contributed by atoms with Crippen molar-refractivity contribution >= 4 is 0 Å². The molecule has 2 aliphatic rings. The Hall–Kier alpha value is -0.0400. The second-order valence-electron chi connectivity index (χ2n) is 7.52. The molecule has 0 aromatic rings. The summed E-state index contributed by atoms with van der Waals surface area (Å²) in [5, 5.41) is 3.88. The van der Waals surface area contributed by atoms with Crippen molar-refractivity contribution in [2.75, 3.05) is 6.54 Å². The van der Waals surface area contributed by atoms with Gasteiger partial charge in [-0.25, -0.2) is 0 Å². The lowest BCUT2D eigenvalue weighted by molar-refractivity contribution is 0.146. The van der Waals surface area contributed by atoms with E-state index in [1.165, 1.54) is 57.9 Å². The zero-order valence-electron chi connectivity index (χ0n) is 12.1. The molecule has 2 fully saturated rings. The van der Waals surface area contributed by atoms with Crippen LogP contribution in [0.15, 0.2) is 0 Å². The summed E-state index contributed by atoms with van der Waals surface area (Å²) < 4.78 is 0. The molecule has 17 heavy (non-hydrogen) atoms. The Morgan fingerprint density at radius 1 is 1.06 bits per heavy atom. The molecule has 2 aliphatic carbocycles. The van der Waals surface area contributed by atoms with Crippen LogP contribution in [-0.4, -0.2) is 12.6 Å². The Balaban J connectivity index is 1.74. The van der Waals surface area contributed by atoms with Crippen LogP contribution in [0, 0.1) is 17.3 Å². The van der Waals surface area contributed by atoms with Crippen LogP contribution in [0.3, 0.4) is 0 Å². The fourth-order valence-electron chi connectivity index (χ4n) is 4.23. The van der Waals surface area contributed by atoms with Crippen molar-refractivity contribution in [3.05, 3.63) is 0 Å². The Morgan fingerprint density at radius 2 is 1.76 bits per heavy atom. The molecule has 0 heterocycles. The Bertz CT molecular complexity index is 228. The minimum absolute atomic E-state index is 0.557. The Kier molecular flexibility index (Phi) is 4.52.